The Bertz CT molecular complexity index is 3360. The maximum absolute atomic E-state index is 6.24. The number of rotatable bonds is 5. The second-order valence-corrected chi connectivity index (χ2v) is 17.2. The minimum absolute atomic E-state index is 0.395. The number of para-hydroxylation sites is 4. The summed E-state index contributed by atoms with van der Waals surface area (Å²) >= 11 is 1.88. The van der Waals surface area contributed by atoms with Crippen LogP contribution in [0.1, 0.15) is 22.3 Å². The van der Waals surface area contributed by atoms with Crippen molar-refractivity contribution in [3.8, 4) is 67.4 Å². The first-order chi connectivity index (χ1) is 30.7. The fourth-order valence-electron chi connectivity index (χ4n) is 9.78. The van der Waals surface area contributed by atoms with E-state index in [0.29, 0.717) is 11.8 Å². The number of fused-ring (bicyclic) bond motifs is 11. The number of hydrogen-bond donors (Lipinski definition) is 0. The van der Waals surface area contributed by atoms with E-state index >= 15 is 0 Å². The summed E-state index contributed by atoms with van der Waals surface area (Å²) in [6, 6.07) is 73.8. The fraction of sp³-hybridized carbons (Fsp3) is 0.0175. The summed E-state index contributed by atoms with van der Waals surface area (Å²) in [6.45, 7) is 0. The van der Waals surface area contributed by atoms with Gasteiger partial charge in [0.25, 0.3) is 0 Å². The standard InChI is InChI=1S/C57H34N2O2S/c1-2-12-45-43(11-1)44-30-29-39(34-48(44)57(45)46-13-3-9-19-53(46)62-54-20-10-4-14-47(54)57)37-25-21-35(22-26-37)36-23-27-38(28-24-36)40-31-41(55-58-49-15-5-7-17-51(49)60-55)33-42(32-40)56-59-50-16-6-8-18-52(50)61-56/h1-34H. The number of nitrogens with zero attached hydrogens (tertiary/aromatic N) is 2. The highest BCUT2D eigenvalue weighted by Crippen LogP contribution is 2.62. The van der Waals surface area contributed by atoms with Crippen LogP contribution in [0.2, 0.25) is 0 Å². The Morgan fingerprint density at radius 1 is 0.323 bits per heavy atom. The van der Waals surface area contributed by atoms with E-state index in [-0.39, 0.29) is 0 Å². The van der Waals surface area contributed by atoms with Gasteiger partial charge in [0.2, 0.25) is 11.8 Å². The molecule has 5 heteroatoms. The van der Waals surface area contributed by atoms with Crippen LogP contribution in [0.5, 0.6) is 0 Å². The molecule has 0 N–H and O–H groups in total. The average molecular weight is 811 g/mol. The first kappa shape index (κ1) is 35.1. The van der Waals surface area contributed by atoms with Gasteiger partial charge in [0.15, 0.2) is 11.2 Å². The van der Waals surface area contributed by atoms with Gasteiger partial charge in [0.05, 0.1) is 5.41 Å². The number of benzene rings is 9. The molecule has 9 aromatic carbocycles. The number of oxazole rings is 2. The van der Waals surface area contributed by atoms with E-state index in [0.717, 1.165) is 55.6 Å². The smallest absolute Gasteiger partial charge is 0.227 e. The van der Waals surface area contributed by atoms with Crippen LogP contribution >= 0.6 is 11.8 Å². The maximum atomic E-state index is 6.24. The van der Waals surface area contributed by atoms with Gasteiger partial charge in [-0.3, -0.25) is 0 Å². The van der Waals surface area contributed by atoms with Crippen LogP contribution in [0, 0.1) is 0 Å². The Kier molecular flexibility index (Phi) is 7.72. The number of aromatic nitrogens is 2. The van der Waals surface area contributed by atoms with E-state index < -0.39 is 5.41 Å². The highest BCUT2D eigenvalue weighted by atomic mass is 32.2. The van der Waals surface area contributed by atoms with Crippen molar-refractivity contribution in [1.29, 1.82) is 0 Å². The lowest BCUT2D eigenvalue weighted by atomic mass is 9.67. The third-order valence-electron chi connectivity index (χ3n) is 12.6. The molecule has 4 nitrogen and oxygen atoms in total. The lowest BCUT2D eigenvalue weighted by Gasteiger charge is -2.39. The van der Waals surface area contributed by atoms with Gasteiger partial charge in [-0.1, -0.05) is 157 Å². The largest absolute Gasteiger partial charge is 0.436 e. The van der Waals surface area contributed by atoms with Crippen LogP contribution in [0.15, 0.2) is 225 Å². The van der Waals surface area contributed by atoms with Crippen molar-refractivity contribution < 1.29 is 8.83 Å². The van der Waals surface area contributed by atoms with Gasteiger partial charge < -0.3 is 8.83 Å². The van der Waals surface area contributed by atoms with Crippen LogP contribution in [0.4, 0.5) is 0 Å². The molecule has 0 radical (unpaired) electrons. The Labute approximate surface area is 362 Å². The van der Waals surface area contributed by atoms with Crippen LogP contribution < -0.4 is 0 Å². The van der Waals surface area contributed by atoms with E-state index in [1.165, 1.54) is 54.3 Å². The Morgan fingerprint density at radius 3 is 1.31 bits per heavy atom. The zero-order valence-corrected chi connectivity index (χ0v) is 34.1. The van der Waals surface area contributed by atoms with Crippen molar-refractivity contribution in [1.82, 2.24) is 9.97 Å². The first-order valence-corrected chi connectivity index (χ1v) is 21.7. The quantitative estimate of drug-likeness (QED) is 0.173. The van der Waals surface area contributed by atoms with Crippen molar-refractivity contribution in [2.24, 2.45) is 0 Å². The Hall–Kier alpha value is -7.73. The molecule has 0 amide bonds. The van der Waals surface area contributed by atoms with Crippen LogP contribution in [0.25, 0.3) is 89.6 Å². The van der Waals surface area contributed by atoms with E-state index in [1.807, 2.05) is 66.4 Å². The summed E-state index contributed by atoms with van der Waals surface area (Å²) in [6.07, 6.45) is 0. The van der Waals surface area contributed by atoms with Gasteiger partial charge in [-0.05, 0) is 127 Å². The summed E-state index contributed by atoms with van der Waals surface area (Å²) in [5.74, 6) is 1.11. The molecule has 1 aliphatic carbocycles. The molecule has 290 valence electrons. The highest BCUT2D eigenvalue weighted by Gasteiger charge is 2.50. The van der Waals surface area contributed by atoms with E-state index in [2.05, 4.69) is 152 Å². The molecule has 0 bridgehead atoms. The topological polar surface area (TPSA) is 52.1 Å². The summed E-state index contributed by atoms with van der Waals surface area (Å²) in [5.41, 5.74) is 19.2. The third kappa shape index (κ3) is 5.35. The lowest BCUT2D eigenvalue weighted by molar-refractivity contribution is 0.617. The zero-order valence-electron chi connectivity index (χ0n) is 33.2. The molecule has 0 unspecified atom stereocenters. The summed E-state index contributed by atoms with van der Waals surface area (Å²) in [4.78, 5) is 12.3. The van der Waals surface area contributed by atoms with E-state index in [4.69, 9.17) is 18.8 Å². The molecule has 0 saturated carbocycles. The molecule has 1 spiro atoms. The molecule has 1 aliphatic heterocycles. The zero-order chi connectivity index (χ0) is 40.8. The van der Waals surface area contributed by atoms with Crippen molar-refractivity contribution in [2.75, 3.05) is 0 Å². The van der Waals surface area contributed by atoms with Gasteiger partial charge >= 0.3 is 0 Å². The normalized spacial score (nSPS) is 13.2. The summed E-state index contributed by atoms with van der Waals surface area (Å²) < 4.78 is 12.5. The molecule has 62 heavy (non-hydrogen) atoms. The van der Waals surface area contributed by atoms with Gasteiger partial charge in [-0.25, -0.2) is 9.97 Å². The molecular weight excluding hydrogens is 777 g/mol. The second kappa shape index (κ2) is 13.6. The van der Waals surface area contributed by atoms with Crippen molar-refractivity contribution in [3.63, 3.8) is 0 Å². The maximum Gasteiger partial charge on any atom is 0.227 e. The lowest BCUT2D eigenvalue weighted by Crippen LogP contribution is -2.31. The Morgan fingerprint density at radius 2 is 0.742 bits per heavy atom. The molecule has 0 saturated heterocycles. The molecular formula is C57H34N2O2S. The van der Waals surface area contributed by atoms with Crippen LogP contribution in [-0.2, 0) is 5.41 Å². The molecule has 3 heterocycles. The highest BCUT2D eigenvalue weighted by molar-refractivity contribution is 7.99. The summed E-state index contributed by atoms with van der Waals surface area (Å²) in [7, 11) is 0. The molecule has 13 rings (SSSR count). The average Bonchev–Trinajstić information content (AvgIpc) is 4.06. The first-order valence-electron chi connectivity index (χ1n) is 20.9. The van der Waals surface area contributed by atoms with E-state index in [1.54, 1.807) is 0 Å². The third-order valence-corrected chi connectivity index (χ3v) is 13.8. The van der Waals surface area contributed by atoms with Crippen LogP contribution in [0.3, 0.4) is 0 Å². The van der Waals surface area contributed by atoms with Crippen molar-refractivity contribution in [3.05, 3.63) is 229 Å². The predicted octanol–water partition coefficient (Wildman–Crippen LogP) is 15.1. The van der Waals surface area contributed by atoms with Crippen LogP contribution in [-0.4, -0.2) is 9.97 Å². The molecule has 0 atom stereocenters. The van der Waals surface area contributed by atoms with Gasteiger partial charge in [-0.15, -0.1) is 0 Å². The minimum Gasteiger partial charge on any atom is -0.436 e. The predicted molar refractivity (Wildman–Crippen MR) is 250 cm³/mol. The minimum atomic E-state index is -0.395. The van der Waals surface area contributed by atoms with Gasteiger partial charge in [-0.2, -0.15) is 0 Å². The van der Waals surface area contributed by atoms with Crippen molar-refractivity contribution >= 4 is 34.0 Å². The Balaban J connectivity index is 0.859. The molecule has 11 aromatic rings. The number of hydrogen-bond acceptors (Lipinski definition) is 5. The van der Waals surface area contributed by atoms with E-state index in [9.17, 15) is 0 Å². The second-order valence-electron chi connectivity index (χ2n) is 16.1. The van der Waals surface area contributed by atoms with Gasteiger partial charge in [0.1, 0.15) is 11.0 Å². The fourth-order valence-corrected chi connectivity index (χ4v) is 11.0. The molecule has 2 aromatic heterocycles. The molecule has 0 fully saturated rings. The summed E-state index contributed by atoms with van der Waals surface area (Å²) in [5, 5.41) is 0. The van der Waals surface area contributed by atoms with Crippen molar-refractivity contribution in [2.45, 2.75) is 15.2 Å². The SMILES string of the molecule is c1ccc2c(c1)Sc1ccccc1C21c2ccccc2-c2ccc(-c3ccc(-c4ccc(-c5cc(-c6nc7ccccc7o6)cc(-c6nc7ccccc7o6)c5)cc4)cc3)cc21. The monoisotopic (exact) mass is 810 g/mol. The van der Waals surface area contributed by atoms with Gasteiger partial charge in [0, 0.05) is 20.9 Å². The molecule has 2 aliphatic rings.